The molecule has 0 fully saturated rings. The molecule has 0 radical (unpaired) electrons. The number of nitrogens with one attached hydrogen (secondary N) is 5. The van der Waals surface area contributed by atoms with Crippen LogP contribution in [0.25, 0.3) is 0 Å². The van der Waals surface area contributed by atoms with Crippen LogP contribution in [0.5, 0.6) is 5.75 Å². The molecular formula is C22H26ClN7O3. The van der Waals surface area contributed by atoms with Crippen LogP contribution in [0.4, 0.5) is 5.69 Å². The summed E-state index contributed by atoms with van der Waals surface area (Å²) in [5.41, 5.74) is 8.06. The number of rotatable bonds is 10. The standard InChI is InChI=1S/C22H25N7O3.ClH/c23-21(24)15-2-1-3-16(12-15)28-20(18-9-11-27-29-18)22(32)26-13-19(31)25-10-8-14-4-6-17(30)7-5-14;/h1-7,9,11-12,20,28,30H,8,10,13H2,(H3,23,24)(H,25,31)(H,26,32)(H,27,29);1H. The summed E-state index contributed by atoms with van der Waals surface area (Å²) in [6, 6.07) is 14.4. The average Bonchev–Trinajstić information content (AvgIpc) is 3.32. The zero-order valence-corrected chi connectivity index (χ0v) is 18.5. The van der Waals surface area contributed by atoms with Crippen LogP contribution in [0.15, 0.2) is 60.8 Å². The molecule has 8 N–H and O–H groups in total. The molecule has 0 spiro atoms. The molecule has 10 nitrogen and oxygen atoms in total. The van der Waals surface area contributed by atoms with Gasteiger partial charge in [-0.3, -0.25) is 20.1 Å². The lowest BCUT2D eigenvalue weighted by molar-refractivity contribution is -0.126. The molecule has 0 aliphatic heterocycles. The highest BCUT2D eigenvalue weighted by Crippen LogP contribution is 2.19. The van der Waals surface area contributed by atoms with Crippen LogP contribution in [0.2, 0.25) is 0 Å². The molecule has 1 unspecified atom stereocenters. The molecule has 3 rings (SSSR count). The molecular weight excluding hydrogens is 446 g/mol. The fraction of sp³-hybridized carbons (Fsp3) is 0.182. The minimum absolute atomic E-state index is 0. The first-order chi connectivity index (χ1) is 15.4. The molecule has 0 aliphatic rings. The van der Waals surface area contributed by atoms with Crippen LogP contribution in [0.3, 0.4) is 0 Å². The van der Waals surface area contributed by atoms with Crippen molar-refractivity contribution in [3.05, 3.63) is 77.6 Å². The minimum atomic E-state index is -0.853. The normalized spacial score (nSPS) is 11.0. The van der Waals surface area contributed by atoms with Gasteiger partial charge in [0, 0.05) is 24.0 Å². The van der Waals surface area contributed by atoms with Gasteiger partial charge in [-0.2, -0.15) is 5.10 Å². The highest BCUT2D eigenvalue weighted by molar-refractivity contribution is 5.96. The number of aromatic amines is 1. The van der Waals surface area contributed by atoms with E-state index in [1.165, 1.54) is 0 Å². The Bertz CT molecular complexity index is 1070. The highest BCUT2D eigenvalue weighted by Gasteiger charge is 2.23. The number of carbonyl (C=O) groups is 2. The van der Waals surface area contributed by atoms with Crippen molar-refractivity contribution in [2.24, 2.45) is 5.73 Å². The number of phenolic OH excluding ortho intramolecular Hbond substituents is 1. The highest BCUT2D eigenvalue weighted by atomic mass is 35.5. The summed E-state index contributed by atoms with van der Waals surface area (Å²) in [6.07, 6.45) is 2.20. The third-order valence-corrected chi connectivity index (χ3v) is 4.66. The molecule has 1 aromatic heterocycles. The van der Waals surface area contributed by atoms with Crippen molar-refractivity contribution < 1.29 is 14.7 Å². The lowest BCUT2D eigenvalue weighted by Gasteiger charge is -2.18. The second kappa shape index (κ2) is 12.1. The Morgan fingerprint density at radius 1 is 1.12 bits per heavy atom. The number of phenols is 1. The maximum Gasteiger partial charge on any atom is 0.249 e. The Morgan fingerprint density at radius 2 is 1.88 bits per heavy atom. The van der Waals surface area contributed by atoms with E-state index >= 15 is 0 Å². The largest absolute Gasteiger partial charge is 0.508 e. The van der Waals surface area contributed by atoms with Crippen molar-refractivity contribution >= 4 is 35.7 Å². The number of anilines is 1. The van der Waals surface area contributed by atoms with Crippen LogP contribution < -0.4 is 21.7 Å². The number of aromatic hydroxyl groups is 1. The van der Waals surface area contributed by atoms with E-state index in [2.05, 4.69) is 26.1 Å². The molecule has 2 amide bonds. The van der Waals surface area contributed by atoms with Gasteiger partial charge in [0.05, 0.1) is 12.2 Å². The van der Waals surface area contributed by atoms with E-state index in [-0.39, 0.29) is 36.4 Å². The number of halogens is 1. The van der Waals surface area contributed by atoms with Crippen molar-refractivity contribution in [3.8, 4) is 5.75 Å². The SMILES string of the molecule is Cl.N=C(N)c1cccc(NC(C(=O)NCC(=O)NCCc2ccc(O)cc2)c2cc[nH]n2)c1. The summed E-state index contributed by atoms with van der Waals surface area (Å²) < 4.78 is 0. The average molecular weight is 472 g/mol. The number of aromatic nitrogens is 2. The summed E-state index contributed by atoms with van der Waals surface area (Å²) in [5, 5.41) is 32.1. The second-order valence-electron chi connectivity index (χ2n) is 7.06. The van der Waals surface area contributed by atoms with Gasteiger partial charge in [-0.25, -0.2) is 0 Å². The van der Waals surface area contributed by atoms with Gasteiger partial charge >= 0.3 is 0 Å². The second-order valence-corrected chi connectivity index (χ2v) is 7.06. The topological polar surface area (TPSA) is 169 Å². The van der Waals surface area contributed by atoms with E-state index in [1.807, 2.05) is 0 Å². The molecule has 33 heavy (non-hydrogen) atoms. The first-order valence-corrected chi connectivity index (χ1v) is 9.95. The third-order valence-electron chi connectivity index (χ3n) is 4.66. The lowest BCUT2D eigenvalue weighted by Crippen LogP contribution is -2.41. The van der Waals surface area contributed by atoms with Gasteiger partial charge in [0.2, 0.25) is 11.8 Å². The predicted octanol–water partition coefficient (Wildman–Crippen LogP) is 1.45. The van der Waals surface area contributed by atoms with E-state index in [0.717, 1.165) is 5.56 Å². The van der Waals surface area contributed by atoms with Crippen molar-refractivity contribution in [3.63, 3.8) is 0 Å². The Balaban J connectivity index is 0.00000385. The summed E-state index contributed by atoms with van der Waals surface area (Å²) in [4.78, 5) is 24.9. The smallest absolute Gasteiger partial charge is 0.249 e. The third kappa shape index (κ3) is 7.54. The zero-order valence-electron chi connectivity index (χ0n) is 17.7. The maximum absolute atomic E-state index is 12.8. The van der Waals surface area contributed by atoms with Gasteiger partial charge in [-0.05, 0) is 42.3 Å². The number of hydrogen-bond acceptors (Lipinski definition) is 6. The van der Waals surface area contributed by atoms with Crippen molar-refractivity contribution in [1.82, 2.24) is 20.8 Å². The molecule has 174 valence electrons. The summed E-state index contributed by atoms with van der Waals surface area (Å²) >= 11 is 0. The number of hydrogen-bond donors (Lipinski definition) is 7. The number of amides is 2. The summed E-state index contributed by atoms with van der Waals surface area (Å²) in [5.74, 6) is -0.650. The lowest BCUT2D eigenvalue weighted by atomic mass is 10.1. The number of nitrogen functional groups attached to an aromatic ring is 1. The van der Waals surface area contributed by atoms with Gasteiger partial charge < -0.3 is 26.8 Å². The van der Waals surface area contributed by atoms with Crippen LogP contribution in [0.1, 0.15) is 22.9 Å². The van der Waals surface area contributed by atoms with E-state index in [1.54, 1.807) is 60.8 Å². The number of nitrogens with two attached hydrogens (primary N) is 1. The predicted molar refractivity (Wildman–Crippen MR) is 127 cm³/mol. The van der Waals surface area contributed by atoms with E-state index in [4.69, 9.17) is 11.1 Å². The minimum Gasteiger partial charge on any atom is -0.508 e. The van der Waals surface area contributed by atoms with E-state index in [9.17, 15) is 14.7 Å². The molecule has 11 heteroatoms. The zero-order chi connectivity index (χ0) is 22.9. The van der Waals surface area contributed by atoms with Crippen LogP contribution in [-0.4, -0.2) is 46.0 Å². The number of amidine groups is 1. The Morgan fingerprint density at radius 3 is 2.55 bits per heavy atom. The summed E-state index contributed by atoms with van der Waals surface area (Å²) in [7, 11) is 0. The monoisotopic (exact) mass is 471 g/mol. The molecule has 3 aromatic rings. The molecule has 0 saturated heterocycles. The van der Waals surface area contributed by atoms with E-state index in [0.29, 0.717) is 29.9 Å². The molecule has 1 heterocycles. The quantitative estimate of drug-likeness (QED) is 0.174. The number of H-pyrrole nitrogens is 1. The fourth-order valence-electron chi connectivity index (χ4n) is 2.99. The molecule has 0 bridgehead atoms. The number of carbonyl (C=O) groups excluding carboxylic acids is 2. The van der Waals surface area contributed by atoms with Crippen molar-refractivity contribution in [2.45, 2.75) is 12.5 Å². The van der Waals surface area contributed by atoms with Gasteiger partial charge in [-0.15, -0.1) is 12.4 Å². The van der Waals surface area contributed by atoms with Crippen LogP contribution in [0, 0.1) is 5.41 Å². The van der Waals surface area contributed by atoms with Gasteiger partial charge in [-0.1, -0.05) is 24.3 Å². The molecule has 0 aliphatic carbocycles. The van der Waals surface area contributed by atoms with E-state index < -0.39 is 11.9 Å². The Labute approximate surface area is 196 Å². The van der Waals surface area contributed by atoms with Gasteiger partial charge in [0.25, 0.3) is 0 Å². The summed E-state index contributed by atoms with van der Waals surface area (Å²) in [6.45, 7) is 0.211. The maximum atomic E-state index is 12.8. The van der Waals surface area contributed by atoms with Crippen LogP contribution >= 0.6 is 12.4 Å². The van der Waals surface area contributed by atoms with Gasteiger partial charge in [0.15, 0.2) is 6.04 Å². The Kier molecular flexibility index (Phi) is 9.25. The van der Waals surface area contributed by atoms with Crippen molar-refractivity contribution in [2.75, 3.05) is 18.4 Å². The molecule has 1 atom stereocenters. The fourth-order valence-corrected chi connectivity index (χ4v) is 2.99. The first kappa shape index (κ1) is 25.2. The molecule has 0 saturated carbocycles. The number of nitrogens with zero attached hydrogens (tertiary/aromatic N) is 1. The number of benzene rings is 2. The first-order valence-electron chi connectivity index (χ1n) is 9.95. The Hall–Kier alpha value is -4.05. The van der Waals surface area contributed by atoms with Crippen LogP contribution in [-0.2, 0) is 16.0 Å². The van der Waals surface area contributed by atoms with Gasteiger partial charge in [0.1, 0.15) is 11.6 Å². The van der Waals surface area contributed by atoms with Crippen molar-refractivity contribution in [1.29, 1.82) is 5.41 Å². The molecule has 2 aromatic carbocycles.